The third kappa shape index (κ3) is 4.22. The van der Waals surface area contributed by atoms with E-state index < -0.39 is 11.5 Å². The minimum atomic E-state index is -1.09. The van der Waals surface area contributed by atoms with E-state index in [9.17, 15) is 4.79 Å². The number of hydrogen-bond acceptors (Lipinski definition) is 6. The maximum atomic E-state index is 11.0. The van der Waals surface area contributed by atoms with Crippen LogP contribution in [0.4, 0.5) is 0 Å². The van der Waals surface area contributed by atoms with Gasteiger partial charge in [-0.1, -0.05) is 25.6 Å². The molecule has 1 heterocycles. The number of thioether (sulfide) groups is 1. The molecule has 0 aliphatic carbocycles. The van der Waals surface area contributed by atoms with Crippen LogP contribution in [-0.2, 0) is 11.2 Å². The number of rotatable bonds is 8. The lowest BCUT2D eigenvalue weighted by Gasteiger charge is -2.22. The Morgan fingerprint density at radius 1 is 1.56 bits per heavy atom. The summed E-state index contributed by atoms with van der Waals surface area (Å²) in [4.78, 5) is 15.3. The summed E-state index contributed by atoms with van der Waals surface area (Å²) in [5.74, 6) is 0.777. The first-order valence-electron chi connectivity index (χ1n) is 5.99. The second-order valence-corrected chi connectivity index (χ2v) is 6.19. The van der Waals surface area contributed by atoms with Crippen LogP contribution in [0.2, 0.25) is 0 Å². The molecule has 1 aromatic rings. The highest BCUT2D eigenvalue weighted by molar-refractivity contribution is 8.00. The molecule has 0 amide bonds. The van der Waals surface area contributed by atoms with Gasteiger partial charge in [0.15, 0.2) is 4.34 Å². The molecule has 0 radical (unpaired) electrons. The predicted octanol–water partition coefficient (Wildman–Crippen LogP) is 2.16. The van der Waals surface area contributed by atoms with Crippen LogP contribution >= 0.6 is 23.3 Å². The maximum absolute atomic E-state index is 11.0. The summed E-state index contributed by atoms with van der Waals surface area (Å²) >= 11 is 3.01. The molecule has 1 aromatic heterocycles. The molecule has 1 rings (SSSR count). The van der Waals surface area contributed by atoms with E-state index in [4.69, 9.17) is 10.8 Å². The van der Waals surface area contributed by atoms with Gasteiger partial charge in [0.25, 0.3) is 0 Å². The van der Waals surface area contributed by atoms with E-state index >= 15 is 0 Å². The van der Waals surface area contributed by atoms with Crippen LogP contribution in [0.5, 0.6) is 0 Å². The van der Waals surface area contributed by atoms with E-state index in [1.165, 1.54) is 11.5 Å². The molecule has 0 saturated carbocycles. The number of aryl methyl sites for hydroxylation is 1. The average Bonchev–Trinajstić information content (AvgIpc) is 2.82. The van der Waals surface area contributed by atoms with Gasteiger partial charge in [-0.15, -0.1) is 0 Å². The van der Waals surface area contributed by atoms with Crippen molar-refractivity contribution < 1.29 is 9.90 Å². The van der Waals surface area contributed by atoms with Crippen molar-refractivity contribution >= 4 is 29.3 Å². The van der Waals surface area contributed by atoms with E-state index in [0.717, 1.165) is 28.8 Å². The standard InChI is InChI=1S/C11H19N3O2S2/c1-3-8-13-10(18-14-8)17-7-5-6-11(12,4-2)9(15)16/h3-7,12H2,1-2H3,(H,15,16). The van der Waals surface area contributed by atoms with Gasteiger partial charge in [-0.2, -0.15) is 4.37 Å². The fourth-order valence-corrected chi connectivity index (χ4v) is 3.13. The highest BCUT2D eigenvalue weighted by Crippen LogP contribution is 2.23. The van der Waals surface area contributed by atoms with E-state index in [1.807, 2.05) is 6.92 Å². The largest absolute Gasteiger partial charge is 0.480 e. The van der Waals surface area contributed by atoms with Crippen molar-refractivity contribution in [2.75, 3.05) is 5.75 Å². The first kappa shape index (κ1) is 15.4. The van der Waals surface area contributed by atoms with E-state index in [-0.39, 0.29) is 0 Å². The van der Waals surface area contributed by atoms with Gasteiger partial charge in [0.2, 0.25) is 0 Å². The lowest BCUT2D eigenvalue weighted by Crippen LogP contribution is -2.47. The monoisotopic (exact) mass is 289 g/mol. The summed E-state index contributed by atoms with van der Waals surface area (Å²) in [6, 6.07) is 0. The normalized spacial score (nSPS) is 14.4. The summed E-state index contributed by atoms with van der Waals surface area (Å²) in [5, 5.41) is 9.03. The fraction of sp³-hybridized carbons (Fsp3) is 0.727. The molecule has 0 bridgehead atoms. The van der Waals surface area contributed by atoms with Gasteiger partial charge in [-0.3, -0.25) is 4.79 Å². The van der Waals surface area contributed by atoms with E-state index in [2.05, 4.69) is 9.36 Å². The maximum Gasteiger partial charge on any atom is 0.323 e. The minimum absolute atomic E-state index is 0.450. The van der Waals surface area contributed by atoms with Crippen LogP contribution in [0.25, 0.3) is 0 Å². The lowest BCUT2D eigenvalue weighted by molar-refractivity contribution is -0.143. The summed E-state index contributed by atoms with van der Waals surface area (Å²) in [6.07, 6.45) is 2.55. The number of nitrogens with two attached hydrogens (primary N) is 1. The Kier molecular flexibility index (Phi) is 6.04. The Labute approximate surface area is 115 Å². The number of aromatic nitrogens is 2. The van der Waals surface area contributed by atoms with Crippen molar-refractivity contribution in [1.29, 1.82) is 0 Å². The Morgan fingerprint density at radius 2 is 2.28 bits per heavy atom. The number of carboxylic acid groups (broad SMARTS) is 1. The quantitative estimate of drug-likeness (QED) is 0.563. The highest BCUT2D eigenvalue weighted by Gasteiger charge is 2.30. The van der Waals surface area contributed by atoms with Gasteiger partial charge in [-0.05, 0) is 30.8 Å². The van der Waals surface area contributed by atoms with Gasteiger partial charge in [0, 0.05) is 12.2 Å². The number of nitrogens with zero attached hydrogens (tertiary/aromatic N) is 2. The molecule has 0 aromatic carbocycles. The summed E-state index contributed by atoms with van der Waals surface area (Å²) in [6.45, 7) is 3.83. The second kappa shape index (κ2) is 7.06. The van der Waals surface area contributed by atoms with Gasteiger partial charge in [0.1, 0.15) is 11.4 Å². The van der Waals surface area contributed by atoms with E-state index in [1.54, 1.807) is 18.7 Å². The fourth-order valence-electron chi connectivity index (χ4n) is 1.42. The second-order valence-electron chi connectivity index (χ2n) is 4.10. The number of aliphatic carboxylic acids is 1. The summed E-state index contributed by atoms with van der Waals surface area (Å²) in [7, 11) is 0. The Morgan fingerprint density at radius 3 is 2.78 bits per heavy atom. The first-order chi connectivity index (χ1) is 8.51. The van der Waals surface area contributed by atoms with Crippen molar-refractivity contribution in [2.24, 2.45) is 5.73 Å². The molecule has 7 heteroatoms. The van der Waals surface area contributed by atoms with Crippen LogP contribution in [0.3, 0.4) is 0 Å². The molecule has 0 spiro atoms. The molecular weight excluding hydrogens is 270 g/mol. The zero-order valence-corrected chi connectivity index (χ0v) is 12.3. The molecule has 0 saturated heterocycles. The third-order valence-electron chi connectivity index (χ3n) is 2.82. The van der Waals surface area contributed by atoms with Crippen LogP contribution in [-0.4, -0.2) is 31.7 Å². The van der Waals surface area contributed by atoms with Gasteiger partial charge >= 0.3 is 5.97 Å². The highest BCUT2D eigenvalue weighted by atomic mass is 32.2. The molecule has 0 aliphatic heterocycles. The van der Waals surface area contributed by atoms with Crippen molar-refractivity contribution in [3.63, 3.8) is 0 Å². The predicted molar refractivity (Wildman–Crippen MR) is 74.1 cm³/mol. The Bertz CT molecular complexity index is 397. The zero-order valence-electron chi connectivity index (χ0n) is 10.7. The van der Waals surface area contributed by atoms with Gasteiger partial charge in [-0.25, -0.2) is 4.98 Å². The van der Waals surface area contributed by atoms with Crippen molar-refractivity contribution in [1.82, 2.24) is 9.36 Å². The number of carbonyl (C=O) groups is 1. The summed E-state index contributed by atoms with van der Waals surface area (Å²) < 4.78 is 5.14. The van der Waals surface area contributed by atoms with Crippen LogP contribution < -0.4 is 5.73 Å². The Hall–Kier alpha value is -0.660. The van der Waals surface area contributed by atoms with Crippen molar-refractivity contribution in [3.05, 3.63) is 5.82 Å². The Balaban J connectivity index is 2.32. The number of carboxylic acids is 1. The van der Waals surface area contributed by atoms with E-state index in [0.29, 0.717) is 12.8 Å². The molecule has 0 fully saturated rings. The smallest absolute Gasteiger partial charge is 0.323 e. The van der Waals surface area contributed by atoms with Crippen molar-refractivity contribution in [2.45, 2.75) is 49.4 Å². The molecule has 18 heavy (non-hydrogen) atoms. The van der Waals surface area contributed by atoms with Crippen LogP contribution in [0, 0.1) is 0 Å². The number of hydrogen-bond donors (Lipinski definition) is 2. The van der Waals surface area contributed by atoms with Crippen LogP contribution in [0.15, 0.2) is 4.34 Å². The first-order valence-corrected chi connectivity index (χ1v) is 7.75. The SMILES string of the molecule is CCc1nsc(SCCCC(N)(CC)C(=O)O)n1. The molecule has 1 atom stereocenters. The van der Waals surface area contributed by atoms with Gasteiger partial charge < -0.3 is 10.8 Å². The molecule has 102 valence electrons. The molecule has 3 N–H and O–H groups in total. The molecular formula is C11H19N3O2S2. The molecule has 1 unspecified atom stereocenters. The third-order valence-corrected chi connectivity index (χ3v) is 4.77. The molecule has 5 nitrogen and oxygen atoms in total. The summed E-state index contributed by atoms with van der Waals surface area (Å²) in [5.41, 5.74) is 4.72. The van der Waals surface area contributed by atoms with Crippen LogP contribution in [0.1, 0.15) is 38.9 Å². The molecule has 0 aliphatic rings. The van der Waals surface area contributed by atoms with Gasteiger partial charge in [0.05, 0.1) is 0 Å². The topological polar surface area (TPSA) is 89.1 Å². The zero-order chi connectivity index (χ0) is 13.6. The average molecular weight is 289 g/mol. The van der Waals surface area contributed by atoms with Crippen molar-refractivity contribution in [3.8, 4) is 0 Å². The lowest BCUT2D eigenvalue weighted by atomic mass is 9.92. The minimum Gasteiger partial charge on any atom is -0.480 e.